The molecule has 2 rings (SSSR count). The van der Waals surface area contributed by atoms with Crippen LogP contribution in [0.25, 0.3) is 0 Å². The maximum absolute atomic E-state index is 5.67. The maximum atomic E-state index is 5.67. The molecule has 0 amide bonds. The molecule has 0 spiro atoms. The maximum Gasteiger partial charge on any atom is 0.133 e. The molecule has 6 nitrogen and oxygen atoms in total. The van der Waals surface area contributed by atoms with Gasteiger partial charge in [0.15, 0.2) is 0 Å². The van der Waals surface area contributed by atoms with Crippen LogP contribution in [0, 0.1) is 0 Å². The van der Waals surface area contributed by atoms with Gasteiger partial charge in [-0.25, -0.2) is 9.97 Å². The lowest BCUT2D eigenvalue weighted by Crippen LogP contribution is -2.14. The molecule has 1 aromatic heterocycles. The Morgan fingerprint density at radius 3 is 2.36 bits per heavy atom. The van der Waals surface area contributed by atoms with Gasteiger partial charge in [-0.15, -0.1) is 0 Å². The van der Waals surface area contributed by atoms with Crippen molar-refractivity contribution in [3.63, 3.8) is 0 Å². The number of hydrogen-bond acceptors (Lipinski definition) is 6. The van der Waals surface area contributed by atoms with E-state index in [1.807, 2.05) is 56.3 Å². The average molecular weight is 302 g/mol. The van der Waals surface area contributed by atoms with Gasteiger partial charge in [0, 0.05) is 20.2 Å². The van der Waals surface area contributed by atoms with Gasteiger partial charge in [0.2, 0.25) is 0 Å². The zero-order chi connectivity index (χ0) is 15.8. The highest BCUT2D eigenvalue weighted by molar-refractivity contribution is 5.47. The van der Waals surface area contributed by atoms with Gasteiger partial charge in [0.05, 0.1) is 13.2 Å². The molecule has 0 saturated carbocycles. The zero-order valence-corrected chi connectivity index (χ0v) is 13.2. The predicted molar refractivity (Wildman–Crippen MR) is 88.0 cm³/mol. The third-order valence-electron chi connectivity index (χ3n) is 2.92. The number of anilines is 2. The molecule has 2 aromatic rings. The molecule has 0 bridgehead atoms. The van der Waals surface area contributed by atoms with Crippen molar-refractivity contribution in [2.75, 3.05) is 44.1 Å². The normalized spacial score (nSPS) is 10.1. The highest BCUT2D eigenvalue weighted by Gasteiger charge is 2.00. The molecule has 0 radical (unpaired) electrons. The monoisotopic (exact) mass is 302 g/mol. The van der Waals surface area contributed by atoms with E-state index in [0.717, 1.165) is 23.1 Å². The van der Waals surface area contributed by atoms with E-state index in [4.69, 9.17) is 9.47 Å². The van der Waals surface area contributed by atoms with E-state index in [-0.39, 0.29) is 0 Å². The van der Waals surface area contributed by atoms with E-state index in [0.29, 0.717) is 19.8 Å². The summed E-state index contributed by atoms with van der Waals surface area (Å²) in [5.74, 6) is 3.33. The molecule has 0 aliphatic carbocycles. The molecule has 1 N–H and O–H groups in total. The Bertz CT molecular complexity index is 573. The Morgan fingerprint density at radius 1 is 1.05 bits per heavy atom. The van der Waals surface area contributed by atoms with Gasteiger partial charge in [-0.2, -0.15) is 0 Å². The van der Waals surface area contributed by atoms with Gasteiger partial charge in [-0.3, -0.25) is 0 Å². The molecule has 0 aliphatic heterocycles. The van der Waals surface area contributed by atoms with Gasteiger partial charge in [0.1, 0.15) is 36.1 Å². The fourth-order valence-electron chi connectivity index (χ4n) is 1.84. The first-order valence-electron chi connectivity index (χ1n) is 7.28. The number of nitrogens with one attached hydrogen (secondary N) is 1. The quantitative estimate of drug-likeness (QED) is 0.756. The summed E-state index contributed by atoms with van der Waals surface area (Å²) in [6.45, 7) is 3.84. The lowest BCUT2D eigenvalue weighted by Gasteiger charge is -2.12. The van der Waals surface area contributed by atoms with Crippen molar-refractivity contribution >= 4 is 11.6 Å². The average Bonchev–Trinajstić information content (AvgIpc) is 2.54. The minimum Gasteiger partial charge on any atom is -0.494 e. The van der Waals surface area contributed by atoms with E-state index in [2.05, 4.69) is 15.3 Å². The number of nitrogens with zero attached hydrogens (tertiary/aromatic N) is 3. The molecule has 6 heteroatoms. The van der Waals surface area contributed by atoms with Crippen LogP contribution < -0.4 is 19.7 Å². The third kappa shape index (κ3) is 4.80. The van der Waals surface area contributed by atoms with E-state index < -0.39 is 0 Å². The van der Waals surface area contributed by atoms with Crippen molar-refractivity contribution < 1.29 is 9.47 Å². The zero-order valence-electron chi connectivity index (χ0n) is 13.2. The Kier molecular flexibility index (Phi) is 5.82. The summed E-state index contributed by atoms with van der Waals surface area (Å²) in [6.07, 6.45) is 1.55. The first-order valence-corrected chi connectivity index (χ1v) is 7.28. The van der Waals surface area contributed by atoms with Crippen molar-refractivity contribution in [1.29, 1.82) is 0 Å². The van der Waals surface area contributed by atoms with Crippen LogP contribution in [0.3, 0.4) is 0 Å². The van der Waals surface area contributed by atoms with Crippen molar-refractivity contribution in [1.82, 2.24) is 9.97 Å². The minimum atomic E-state index is 0.551. The summed E-state index contributed by atoms with van der Waals surface area (Å²) in [6, 6.07) is 9.51. The van der Waals surface area contributed by atoms with Crippen molar-refractivity contribution in [3.8, 4) is 11.5 Å². The molecule has 0 saturated heterocycles. The molecular weight excluding hydrogens is 280 g/mol. The summed E-state index contributed by atoms with van der Waals surface area (Å²) < 4.78 is 11.1. The van der Waals surface area contributed by atoms with Gasteiger partial charge in [-0.1, -0.05) is 0 Å². The first-order chi connectivity index (χ1) is 10.7. The standard InChI is InChI=1S/C16H22N4O2/c1-4-21-13-5-7-14(8-6-13)22-10-9-17-15-11-16(20(2)3)19-12-18-15/h5-8,11-12H,4,9-10H2,1-3H3,(H,17,18,19). The number of hydrogen-bond donors (Lipinski definition) is 1. The largest absolute Gasteiger partial charge is 0.494 e. The SMILES string of the molecule is CCOc1ccc(OCCNc2cc(N(C)C)ncn2)cc1. The summed E-state index contributed by atoms with van der Waals surface area (Å²) in [7, 11) is 3.89. The molecule has 22 heavy (non-hydrogen) atoms. The van der Waals surface area contributed by atoms with Gasteiger partial charge < -0.3 is 19.7 Å². The van der Waals surface area contributed by atoms with E-state index in [1.54, 1.807) is 6.33 Å². The van der Waals surface area contributed by atoms with Crippen LogP contribution in [-0.2, 0) is 0 Å². The molecule has 0 atom stereocenters. The second kappa shape index (κ2) is 8.07. The van der Waals surface area contributed by atoms with Crippen LogP contribution in [-0.4, -0.2) is 43.8 Å². The first kappa shape index (κ1) is 15.9. The number of aromatic nitrogens is 2. The lowest BCUT2D eigenvalue weighted by molar-refractivity contribution is 0.326. The van der Waals surface area contributed by atoms with Gasteiger partial charge in [-0.05, 0) is 31.2 Å². The predicted octanol–water partition coefficient (Wildman–Crippen LogP) is 2.43. The molecule has 0 unspecified atom stereocenters. The highest BCUT2D eigenvalue weighted by atomic mass is 16.5. The molecule has 0 fully saturated rings. The van der Waals surface area contributed by atoms with Crippen molar-refractivity contribution in [2.24, 2.45) is 0 Å². The smallest absolute Gasteiger partial charge is 0.133 e. The van der Waals surface area contributed by atoms with E-state index in [9.17, 15) is 0 Å². The number of rotatable bonds is 8. The molecular formula is C16H22N4O2. The van der Waals surface area contributed by atoms with Gasteiger partial charge >= 0.3 is 0 Å². The Morgan fingerprint density at radius 2 is 1.73 bits per heavy atom. The molecule has 1 heterocycles. The van der Waals surface area contributed by atoms with Crippen LogP contribution in [0.2, 0.25) is 0 Å². The minimum absolute atomic E-state index is 0.551. The highest BCUT2D eigenvalue weighted by Crippen LogP contribution is 2.17. The number of ether oxygens (including phenoxy) is 2. The number of benzene rings is 1. The van der Waals surface area contributed by atoms with Crippen LogP contribution in [0.5, 0.6) is 11.5 Å². The Balaban J connectivity index is 1.76. The topological polar surface area (TPSA) is 59.5 Å². The molecule has 1 aromatic carbocycles. The Labute approximate surface area is 131 Å². The summed E-state index contributed by atoms with van der Waals surface area (Å²) in [4.78, 5) is 10.3. The van der Waals surface area contributed by atoms with Crippen molar-refractivity contribution in [3.05, 3.63) is 36.7 Å². The molecule has 118 valence electrons. The second-order valence-electron chi connectivity index (χ2n) is 4.84. The van der Waals surface area contributed by atoms with Crippen LogP contribution in [0.15, 0.2) is 36.7 Å². The second-order valence-corrected chi connectivity index (χ2v) is 4.84. The fraction of sp³-hybridized carbons (Fsp3) is 0.375. The van der Waals surface area contributed by atoms with Crippen LogP contribution >= 0.6 is 0 Å². The van der Waals surface area contributed by atoms with Crippen LogP contribution in [0.4, 0.5) is 11.6 Å². The van der Waals surface area contributed by atoms with E-state index >= 15 is 0 Å². The summed E-state index contributed by atoms with van der Waals surface area (Å²) >= 11 is 0. The third-order valence-corrected chi connectivity index (χ3v) is 2.92. The lowest BCUT2D eigenvalue weighted by atomic mass is 10.3. The summed E-state index contributed by atoms with van der Waals surface area (Å²) in [5, 5.41) is 3.21. The molecule has 0 aliphatic rings. The van der Waals surface area contributed by atoms with Crippen LogP contribution in [0.1, 0.15) is 6.92 Å². The summed E-state index contributed by atoms with van der Waals surface area (Å²) in [5.41, 5.74) is 0. The van der Waals surface area contributed by atoms with Gasteiger partial charge in [0.25, 0.3) is 0 Å². The fourth-order valence-corrected chi connectivity index (χ4v) is 1.84. The van der Waals surface area contributed by atoms with E-state index in [1.165, 1.54) is 0 Å². The Hall–Kier alpha value is -2.50. The van der Waals surface area contributed by atoms with Crippen molar-refractivity contribution in [2.45, 2.75) is 6.92 Å².